The summed E-state index contributed by atoms with van der Waals surface area (Å²) in [6.45, 7) is 3.96. The van der Waals surface area contributed by atoms with Gasteiger partial charge in [0.2, 0.25) is 0 Å². The molecule has 1 saturated carbocycles. The first-order chi connectivity index (χ1) is 8.73. The van der Waals surface area contributed by atoms with Crippen LogP contribution in [0.1, 0.15) is 39.5 Å². The Labute approximate surface area is 115 Å². The topological polar surface area (TPSA) is 86.5 Å². The van der Waals surface area contributed by atoms with Crippen LogP contribution in [0.5, 0.6) is 0 Å². The van der Waals surface area contributed by atoms with E-state index in [-0.39, 0.29) is 41.3 Å². The minimum Gasteiger partial charge on any atom is -0.469 e. The van der Waals surface area contributed by atoms with Gasteiger partial charge in [-0.1, -0.05) is 20.3 Å². The van der Waals surface area contributed by atoms with Gasteiger partial charge in [0, 0.05) is 6.04 Å². The second kappa shape index (κ2) is 6.22. The maximum absolute atomic E-state index is 12.2. The molecule has 0 aromatic rings. The van der Waals surface area contributed by atoms with Crippen molar-refractivity contribution in [3.63, 3.8) is 0 Å². The quantitative estimate of drug-likeness (QED) is 0.677. The largest absolute Gasteiger partial charge is 0.469 e. The molecule has 1 aliphatic rings. The molecular weight excluding hydrogens is 266 g/mol. The van der Waals surface area contributed by atoms with E-state index in [0.29, 0.717) is 0 Å². The third kappa shape index (κ3) is 5.10. The van der Waals surface area contributed by atoms with Crippen LogP contribution < -0.4 is 5.73 Å². The van der Waals surface area contributed by atoms with Gasteiger partial charge < -0.3 is 10.5 Å². The second-order valence-corrected chi connectivity index (χ2v) is 7.97. The van der Waals surface area contributed by atoms with Gasteiger partial charge in [0.25, 0.3) is 0 Å². The third-order valence-corrected chi connectivity index (χ3v) is 6.00. The third-order valence-electron chi connectivity index (χ3n) is 4.05. The normalized spacial score (nSPS) is 20.6. The van der Waals surface area contributed by atoms with E-state index in [2.05, 4.69) is 4.74 Å². The number of esters is 1. The Morgan fingerprint density at radius 1 is 1.42 bits per heavy atom. The zero-order valence-electron chi connectivity index (χ0n) is 12.0. The highest BCUT2D eigenvalue weighted by atomic mass is 32.2. The van der Waals surface area contributed by atoms with Gasteiger partial charge in [-0.25, -0.2) is 8.42 Å². The van der Waals surface area contributed by atoms with Crippen molar-refractivity contribution in [2.45, 2.75) is 45.6 Å². The average molecular weight is 291 g/mol. The Bertz CT molecular complexity index is 414. The number of rotatable bonds is 8. The van der Waals surface area contributed by atoms with Crippen LogP contribution in [0.2, 0.25) is 0 Å². The summed E-state index contributed by atoms with van der Waals surface area (Å²) < 4.78 is 28.9. The molecule has 0 spiro atoms. The summed E-state index contributed by atoms with van der Waals surface area (Å²) >= 11 is 0. The average Bonchev–Trinajstić information content (AvgIpc) is 3.05. The van der Waals surface area contributed by atoms with Crippen LogP contribution in [0.25, 0.3) is 0 Å². The van der Waals surface area contributed by atoms with Gasteiger partial charge in [-0.3, -0.25) is 4.79 Å². The van der Waals surface area contributed by atoms with Crippen molar-refractivity contribution >= 4 is 15.8 Å². The Hall–Kier alpha value is -0.620. The number of hydrogen-bond acceptors (Lipinski definition) is 5. The minimum atomic E-state index is -3.22. The lowest BCUT2D eigenvalue weighted by atomic mass is 10.0. The van der Waals surface area contributed by atoms with E-state index in [1.165, 1.54) is 7.11 Å². The molecular formula is C13H25NO4S. The van der Waals surface area contributed by atoms with E-state index in [4.69, 9.17) is 5.73 Å². The zero-order valence-corrected chi connectivity index (χ0v) is 12.8. The van der Waals surface area contributed by atoms with Gasteiger partial charge >= 0.3 is 5.97 Å². The molecule has 112 valence electrons. The van der Waals surface area contributed by atoms with Crippen LogP contribution >= 0.6 is 0 Å². The monoisotopic (exact) mass is 291 g/mol. The first-order valence-electron chi connectivity index (χ1n) is 6.76. The molecule has 19 heavy (non-hydrogen) atoms. The van der Waals surface area contributed by atoms with E-state index in [9.17, 15) is 13.2 Å². The summed E-state index contributed by atoms with van der Waals surface area (Å²) in [6.07, 6.45) is 2.62. The van der Waals surface area contributed by atoms with E-state index in [1.807, 2.05) is 13.8 Å². The summed E-state index contributed by atoms with van der Waals surface area (Å²) in [6, 6.07) is -0.330. The van der Waals surface area contributed by atoms with E-state index in [0.717, 1.165) is 19.3 Å². The summed E-state index contributed by atoms with van der Waals surface area (Å²) in [5.41, 5.74) is 5.52. The Morgan fingerprint density at radius 2 is 2.00 bits per heavy atom. The van der Waals surface area contributed by atoms with Crippen molar-refractivity contribution < 1.29 is 17.9 Å². The summed E-state index contributed by atoms with van der Waals surface area (Å²) in [5.74, 6) is -0.0890. The lowest BCUT2D eigenvalue weighted by molar-refractivity contribution is -0.141. The molecule has 1 rings (SSSR count). The van der Waals surface area contributed by atoms with Crippen LogP contribution in [0.15, 0.2) is 0 Å². The summed E-state index contributed by atoms with van der Waals surface area (Å²) in [4.78, 5) is 11.3. The number of sulfone groups is 1. The summed E-state index contributed by atoms with van der Waals surface area (Å²) in [5, 5.41) is 0. The smallest absolute Gasteiger partial charge is 0.306 e. The predicted octanol–water partition coefficient (Wildman–Crippen LogP) is 1.12. The molecule has 2 atom stereocenters. The molecule has 0 aromatic heterocycles. The predicted molar refractivity (Wildman–Crippen MR) is 74.4 cm³/mol. The highest BCUT2D eigenvalue weighted by Gasteiger charge is 2.48. The molecule has 0 aromatic carbocycles. The molecule has 2 N–H and O–H groups in total. The van der Waals surface area contributed by atoms with Crippen LogP contribution in [-0.4, -0.2) is 39.0 Å². The zero-order chi connectivity index (χ0) is 14.7. The molecule has 0 amide bonds. The molecule has 1 aliphatic carbocycles. The number of hydrogen-bond donors (Lipinski definition) is 1. The van der Waals surface area contributed by atoms with Gasteiger partial charge in [0.05, 0.1) is 25.0 Å². The maximum atomic E-state index is 12.2. The van der Waals surface area contributed by atoms with Crippen molar-refractivity contribution in [1.82, 2.24) is 0 Å². The Morgan fingerprint density at radius 3 is 2.42 bits per heavy atom. The highest BCUT2D eigenvalue weighted by molar-refractivity contribution is 7.91. The van der Waals surface area contributed by atoms with Gasteiger partial charge in [-0.15, -0.1) is 0 Å². The Balaban J connectivity index is 2.58. The van der Waals surface area contributed by atoms with Crippen molar-refractivity contribution in [2.24, 2.45) is 17.1 Å². The number of nitrogens with two attached hydrogens (primary N) is 1. The van der Waals surface area contributed by atoms with Gasteiger partial charge in [0.15, 0.2) is 9.84 Å². The van der Waals surface area contributed by atoms with Crippen LogP contribution in [-0.2, 0) is 19.4 Å². The van der Waals surface area contributed by atoms with Gasteiger partial charge in [-0.05, 0) is 24.2 Å². The molecule has 0 heterocycles. The molecule has 0 bridgehead atoms. The molecule has 6 heteroatoms. The van der Waals surface area contributed by atoms with Crippen LogP contribution in [0, 0.1) is 11.3 Å². The van der Waals surface area contributed by atoms with Crippen LogP contribution in [0.4, 0.5) is 0 Å². The van der Waals surface area contributed by atoms with Crippen molar-refractivity contribution in [3.8, 4) is 0 Å². The van der Waals surface area contributed by atoms with E-state index in [1.54, 1.807) is 0 Å². The Kier molecular flexibility index (Phi) is 5.38. The van der Waals surface area contributed by atoms with Crippen LogP contribution in [0.3, 0.4) is 0 Å². The molecule has 0 aliphatic heterocycles. The fraction of sp³-hybridized carbons (Fsp3) is 0.923. The number of carbonyl (C=O) groups excluding carboxylic acids is 1. The van der Waals surface area contributed by atoms with Crippen molar-refractivity contribution in [2.75, 3.05) is 18.6 Å². The molecule has 0 saturated heterocycles. The summed E-state index contributed by atoms with van der Waals surface area (Å²) in [7, 11) is -1.89. The molecule has 5 nitrogen and oxygen atoms in total. The number of ether oxygens (including phenoxy) is 1. The SMILES string of the molecule is CCC(C)C(N)CS(=O)(=O)CC1(CC(=O)OC)CC1. The first kappa shape index (κ1) is 16.4. The van der Waals surface area contributed by atoms with Crippen molar-refractivity contribution in [3.05, 3.63) is 0 Å². The molecule has 1 fully saturated rings. The lowest BCUT2D eigenvalue weighted by Gasteiger charge is -2.20. The molecule has 2 unspecified atom stereocenters. The van der Waals surface area contributed by atoms with Gasteiger partial charge in [0.1, 0.15) is 0 Å². The fourth-order valence-electron chi connectivity index (χ4n) is 2.21. The van der Waals surface area contributed by atoms with Crippen molar-refractivity contribution in [1.29, 1.82) is 0 Å². The maximum Gasteiger partial charge on any atom is 0.306 e. The van der Waals surface area contributed by atoms with Gasteiger partial charge in [-0.2, -0.15) is 0 Å². The first-order valence-corrected chi connectivity index (χ1v) is 8.58. The lowest BCUT2D eigenvalue weighted by Crippen LogP contribution is -2.37. The minimum absolute atomic E-state index is 0.00489. The highest BCUT2D eigenvalue weighted by Crippen LogP contribution is 2.50. The van der Waals surface area contributed by atoms with E-state index >= 15 is 0 Å². The second-order valence-electron chi connectivity index (χ2n) is 5.86. The number of carbonyl (C=O) groups is 1. The molecule has 0 radical (unpaired) electrons. The number of methoxy groups -OCH3 is 1. The standard InChI is InChI=1S/C13H25NO4S/c1-4-10(2)11(14)8-19(16,17)9-13(5-6-13)7-12(15)18-3/h10-11H,4-9,14H2,1-3H3. The fourth-order valence-corrected chi connectivity index (χ4v) is 4.57. The van der Waals surface area contributed by atoms with E-state index < -0.39 is 9.84 Å².